The fourth-order valence-corrected chi connectivity index (χ4v) is 1.51. The lowest BCUT2D eigenvalue weighted by molar-refractivity contribution is 0.580. The van der Waals surface area contributed by atoms with Crippen molar-refractivity contribution in [1.82, 2.24) is 9.97 Å². The number of rotatable bonds is 1. The van der Waals surface area contributed by atoms with Gasteiger partial charge in [-0.15, -0.1) is 0 Å². The number of aromatic nitrogens is 2. The zero-order chi connectivity index (χ0) is 10.1. The average molecular weight is 196 g/mol. The first-order valence-corrected chi connectivity index (χ1v) is 4.69. The lowest BCUT2D eigenvalue weighted by atomic mass is 10.2. The predicted octanol–water partition coefficient (Wildman–Crippen LogP) is 2.89. The summed E-state index contributed by atoms with van der Waals surface area (Å²) >= 11 is 0. The number of hydrogen-bond donors (Lipinski definition) is 0. The van der Waals surface area contributed by atoms with Crippen LogP contribution in [-0.4, -0.2) is 9.97 Å². The van der Waals surface area contributed by atoms with Gasteiger partial charge in [-0.1, -0.05) is 0 Å². The normalized spacial score (nSPS) is 10.7. The van der Waals surface area contributed by atoms with Crippen molar-refractivity contribution in [3.8, 4) is 11.5 Å². The van der Waals surface area contributed by atoms with Crippen LogP contribution in [0.5, 0.6) is 0 Å². The molecule has 3 heterocycles. The zero-order valence-corrected chi connectivity index (χ0v) is 7.92. The van der Waals surface area contributed by atoms with E-state index in [1.165, 1.54) is 0 Å². The largest absolute Gasteiger partial charge is 0.463 e. The molecule has 0 aromatic carbocycles. The maximum Gasteiger partial charge on any atom is 0.159 e. The molecular weight excluding hydrogens is 188 g/mol. The van der Waals surface area contributed by atoms with E-state index in [4.69, 9.17) is 4.42 Å². The summed E-state index contributed by atoms with van der Waals surface area (Å²) in [5, 5.41) is 1.04. The third-order valence-corrected chi connectivity index (χ3v) is 2.24. The van der Waals surface area contributed by atoms with Gasteiger partial charge in [-0.2, -0.15) is 0 Å². The molecule has 0 N–H and O–H groups in total. The summed E-state index contributed by atoms with van der Waals surface area (Å²) in [5.74, 6) is 0.766. The predicted molar refractivity (Wildman–Crippen MR) is 57.2 cm³/mol. The molecule has 15 heavy (non-hydrogen) atoms. The maximum absolute atomic E-state index is 5.28. The Morgan fingerprint density at radius 3 is 2.87 bits per heavy atom. The van der Waals surface area contributed by atoms with Crippen molar-refractivity contribution >= 4 is 11.0 Å². The standard InChI is InChI=1S/C12H8N2O/c1-3-9-5-6-10(11-4-2-8-15-11)14-12(9)13-7-1/h1-8H. The molecule has 3 rings (SSSR count). The highest BCUT2D eigenvalue weighted by Crippen LogP contribution is 2.19. The van der Waals surface area contributed by atoms with Gasteiger partial charge in [-0.3, -0.25) is 0 Å². The smallest absolute Gasteiger partial charge is 0.159 e. The molecule has 0 spiro atoms. The Morgan fingerprint density at radius 2 is 2.00 bits per heavy atom. The summed E-state index contributed by atoms with van der Waals surface area (Å²) in [7, 11) is 0. The van der Waals surface area contributed by atoms with E-state index in [0.717, 1.165) is 22.5 Å². The first-order chi connectivity index (χ1) is 7.43. The van der Waals surface area contributed by atoms with Crippen LogP contribution in [0.25, 0.3) is 22.5 Å². The minimum Gasteiger partial charge on any atom is -0.463 e. The van der Waals surface area contributed by atoms with E-state index in [1.54, 1.807) is 12.5 Å². The molecular formula is C12H8N2O. The topological polar surface area (TPSA) is 38.9 Å². The summed E-state index contributed by atoms with van der Waals surface area (Å²) < 4.78 is 5.28. The average Bonchev–Trinajstić information content (AvgIpc) is 2.82. The quantitative estimate of drug-likeness (QED) is 0.600. The van der Waals surface area contributed by atoms with Crippen molar-refractivity contribution in [3.05, 3.63) is 48.9 Å². The van der Waals surface area contributed by atoms with Crippen LogP contribution < -0.4 is 0 Å². The molecule has 0 aliphatic carbocycles. The van der Waals surface area contributed by atoms with Gasteiger partial charge in [0, 0.05) is 11.6 Å². The fraction of sp³-hybridized carbons (Fsp3) is 0. The van der Waals surface area contributed by atoms with E-state index >= 15 is 0 Å². The van der Waals surface area contributed by atoms with Crippen molar-refractivity contribution in [3.63, 3.8) is 0 Å². The number of furan rings is 1. The Kier molecular flexibility index (Phi) is 1.75. The second-order valence-corrected chi connectivity index (χ2v) is 3.22. The van der Waals surface area contributed by atoms with Crippen LogP contribution in [0.2, 0.25) is 0 Å². The van der Waals surface area contributed by atoms with Gasteiger partial charge in [0.05, 0.1) is 6.26 Å². The van der Waals surface area contributed by atoms with Gasteiger partial charge in [0.15, 0.2) is 11.4 Å². The van der Waals surface area contributed by atoms with Crippen molar-refractivity contribution in [2.75, 3.05) is 0 Å². The molecule has 3 aromatic heterocycles. The van der Waals surface area contributed by atoms with Crippen molar-refractivity contribution < 1.29 is 4.42 Å². The van der Waals surface area contributed by atoms with E-state index in [-0.39, 0.29) is 0 Å². The van der Waals surface area contributed by atoms with E-state index in [2.05, 4.69) is 9.97 Å². The van der Waals surface area contributed by atoms with Gasteiger partial charge in [0.25, 0.3) is 0 Å². The molecule has 0 atom stereocenters. The summed E-state index contributed by atoms with van der Waals surface area (Å²) in [6.45, 7) is 0. The number of pyridine rings is 2. The van der Waals surface area contributed by atoms with Gasteiger partial charge >= 0.3 is 0 Å². The van der Waals surface area contributed by atoms with Crippen molar-refractivity contribution in [2.45, 2.75) is 0 Å². The lowest BCUT2D eigenvalue weighted by Gasteiger charge is -1.98. The highest BCUT2D eigenvalue weighted by atomic mass is 16.3. The van der Waals surface area contributed by atoms with Gasteiger partial charge in [0.1, 0.15) is 5.69 Å². The lowest BCUT2D eigenvalue weighted by Crippen LogP contribution is -1.85. The molecule has 0 amide bonds. The van der Waals surface area contributed by atoms with Gasteiger partial charge in [-0.05, 0) is 36.4 Å². The Balaban J connectivity index is 2.22. The zero-order valence-electron chi connectivity index (χ0n) is 7.92. The van der Waals surface area contributed by atoms with Crippen LogP contribution >= 0.6 is 0 Å². The van der Waals surface area contributed by atoms with E-state index in [1.807, 2.05) is 36.4 Å². The van der Waals surface area contributed by atoms with Crippen molar-refractivity contribution in [1.29, 1.82) is 0 Å². The third kappa shape index (κ3) is 1.38. The first kappa shape index (κ1) is 8.17. The highest BCUT2D eigenvalue weighted by Gasteiger charge is 2.03. The van der Waals surface area contributed by atoms with Crippen LogP contribution in [0.15, 0.2) is 53.3 Å². The molecule has 0 unspecified atom stereocenters. The molecule has 0 saturated heterocycles. The van der Waals surface area contributed by atoms with E-state index < -0.39 is 0 Å². The number of fused-ring (bicyclic) bond motifs is 1. The van der Waals surface area contributed by atoms with E-state index in [0.29, 0.717) is 0 Å². The second-order valence-electron chi connectivity index (χ2n) is 3.22. The molecule has 0 radical (unpaired) electrons. The van der Waals surface area contributed by atoms with Gasteiger partial charge < -0.3 is 4.42 Å². The number of hydrogen-bond acceptors (Lipinski definition) is 3. The number of nitrogens with zero attached hydrogens (tertiary/aromatic N) is 2. The Bertz CT molecular complexity index is 587. The molecule has 0 bridgehead atoms. The molecule has 0 aliphatic rings. The Morgan fingerprint density at radius 1 is 1.00 bits per heavy atom. The molecule has 72 valence electrons. The highest BCUT2D eigenvalue weighted by molar-refractivity contribution is 5.77. The Labute approximate surface area is 86.4 Å². The summed E-state index contributed by atoms with van der Waals surface area (Å²) in [6.07, 6.45) is 3.38. The monoisotopic (exact) mass is 196 g/mol. The molecule has 3 heteroatoms. The third-order valence-electron chi connectivity index (χ3n) is 2.24. The molecule has 0 aliphatic heterocycles. The summed E-state index contributed by atoms with van der Waals surface area (Å²) in [6, 6.07) is 11.5. The van der Waals surface area contributed by atoms with Crippen LogP contribution in [0.1, 0.15) is 0 Å². The van der Waals surface area contributed by atoms with Gasteiger partial charge in [-0.25, -0.2) is 9.97 Å². The maximum atomic E-state index is 5.28. The molecule has 0 fully saturated rings. The minimum atomic E-state index is 0.742. The molecule has 0 saturated carbocycles. The van der Waals surface area contributed by atoms with Crippen LogP contribution in [-0.2, 0) is 0 Å². The van der Waals surface area contributed by atoms with Crippen LogP contribution in [0.3, 0.4) is 0 Å². The van der Waals surface area contributed by atoms with Crippen LogP contribution in [0.4, 0.5) is 0 Å². The minimum absolute atomic E-state index is 0.742. The first-order valence-electron chi connectivity index (χ1n) is 4.69. The second kappa shape index (κ2) is 3.20. The van der Waals surface area contributed by atoms with Crippen molar-refractivity contribution in [2.24, 2.45) is 0 Å². The van der Waals surface area contributed by atoms with E-state index in [9.17, 15) is 0 Å². The summed E-state index contributed by atoms with van der Waals surface area (Å²) in [4.78, 5) is 8.61. The molecule has 3 aromatic rings. The molecule has 3 nitrogen and oxygen atoms in total. The summed E-state index contributed by atoms with van der Waals surface area (Å²) in [5.41, 5.74) is 1.55. The Hall–Kier alpha value is -2.16. The van der Waals surface area contributed by atoms with Gasteiger partial charge in [0.2, 0.25) is 0 Å². The SMILES string of the molecule is c1coc(-c2ccc3cccnc3n2)c1. The van der Waals surface area contributed by atoms with Crippen LogP contribution in [0, 0.1) is 0 Å². The fourth-order valence-electron chi connectivity index (χ4n) is 1.51.